The van der Waals surface area contributed by atoms with Gasteiger partial charge in [0.2, 0.25) is 0 Å². The Morgan fingerprint density at radius 3 is 2.71 bits per heavy atom. The first-order valence-corrected chi connectivity index (χ1v) is 6.91. The standard InChI is InChI=1S/C12H21ClN2OS/c1-9(8-16-3)11(6-14)15(2)7-10-4-5-12(13)17-10/h4-5,9,11H,6-8,14H2,1-3H3. The van der Waals surface area contributed by atoms with E-state index in [9.17, 15) is 0 Å². The molecule has 0 amide bonds. The average Bonchev–Trinajstić information content (AvgIpc) is 2.65. The SMILES string of the molecule is COCC(C)C(CN)N(C)Cc1ccc(Cl)s1. The summed E-state index contributed by atoms with van der Waals surface area (Å²) in [6.07, 6.45) is 0. The lowest BCUT2D eigenvalue weighted by molar-refractivity contribution is 0.0957. The second-order valence-electron chi connectivity index (χ2n) is 4.36. The van der Waals surface area contributed by atoms with Crippen LogP contribution < -0.4 is 5.73 Å². The van der Waals surface area contributed by atoms with Crippen LogP contribution in [0.1, 0.15) is 11.8 Å². The molecule has 1 rings (SSSR count). The van der Waals surface area contributed by atoms with Crippen LogP contribution in [0.15, 0.2) is 12.1 Å². The molecule has 1 aromatic heterocycles. The highest BCUT2D eigenvalue weighted by Gasteiger charge is 2.20. The second kappa shape index (κ2) is 7.34. The molecule has 0 radical (unpaired) electrons. The molecule has 0 aliphatic rings. The summed E-state index contributed by atoms with van der Waals surface area (Å²) in [6.45, 7) is 4.42. The first-order valence-electron chi connectivity index (χ1n) is 5.72. The molecular formula is C12H21ClN2OS. The predicted molar refractivity (Wildman–Crippen MR) is 74.7 cm³/mol. The second-order valence-corrected chi connectivity index (χ2v) is 6.16. The van der Waals surface area contributed by atoms with Crippen molar-refractivity contribution in [2.45, 2.75) is 19.5 Å². The van der Waals surface area contributed by atoms with E-state index in [2.05, 4.69) is 24.9 Å². The number of halogens is 1. The summed E-state index contributed by atoms with van der Waals surface area (Å²) >= 11 is 7.55. The maximum atomic E-state index is 5.92. The van der Waals surface area contributed by atoms with Gasteiger partial charge in [-0.15, -0.1) is 11.3 Å². The van der Waals surface area contributed by atoms with Crippen LogP contribution >= 0.6 is 22.9 Å². The number of nitrogens with two attached hydrogens (primary N) is 1. The zero-order valence-corrected chi connectivity index (χ0v) is 12.2. The molecule has 1 heterocycles. The minimum Gasteiger partial charge on any atom is -0.384 e. The maximum absolute atomic E-state index is 5.92. The summed E-state index contributed by atoms with van der Waals surface area (Å²) in [6, 6.07) is 4.33. The van der Waals surface area contributed by atoms with E-state index in [4.69, 9.17) is 22.1 Å². The largest absolute Gasteiger partial charge is 0.384 e. The molecule has 0 bridgehead atoms. The molecule has 0 aliphatic heterocycles. The topological polar surface area (TPSA) is 38.5 Å². The molecule has 0 spiro atoms. The van der Waals surface area contributed by atoms with Crippen LogP contribution in [0.5, 0.6) is 0 Å². The van der Waals surface area contributed by atoms with Crippen molar-refractivity contribution in [3.63, 3.8) is 0 Å². The minimum atomic E-state index is 0.329. The summed E-state index contributed by atoms with van der Waals surface area (Å²) in [4.78, 5) is 3.53. The third kappa shape index (κ3) is 4.56. The molecule has 2 N–H and O–H groups in total. The number of hydrogen-bond acceptors (Lipinski definition) is 4. The van der Waals surface area contributed by atoms with E-state index in [1.54, 1.807) is 18.4 Å². The zero-order valence-electron chi connectivity index (χ0n) is 10.6. The molecule has 0 fully saturated rings. The van der Waals surface area contributed by atoms with E-state index in [1.807, 2.05) is 6.07 Å². The van der Waals surface area contributed by atoms with Gasteiger partial charge in [-0.3, -0.25) is 4.90 Å². The normalized spacial score (nSPS) is 15.2. The van der Waals surface area contributed by atoms with E-state index in [-0.39, 0.29) is 0 Å². The highest BCUT2D eigenvalue weighted by molar-refractivity contribution is 7.16. The molecule has 1 aromatic rings. The number of rotatable bonds is 7. The van der Waals surface area contributed by atoms with Gasteiger partial charge >= 0.3 is 0 Å². The minimum absolute atomic E-state index is 0.329. The third-order valence-electron chi connectivity index (χ3n) is 2.93. The van der Waals surface area contributed by atoms with E-state index in [0.717, 1.165) is 17.5 Å². The van der Waals surface area contributed by atoms with E-state index in [0.29, 0.717) is 18.5 Å². The van der Waals surface area contributed by atoms with Crippen LogP contribution in [0.4, 0.5) is 0 Å². The van der Waals surface area contributed by atoms with Crippen LogP contribution in [-0.2, 0) is 11.3 Å². The highest BCUT2D eigenvalue weighted by Crippen LogP contribution is 2.23. The van der Waals surface area contributed by atoms with Crippen molar-refractivity contribution in [2.24, 2.45) is 11.7 Å². The molecule has 2 unspecified atom stereocenters. The van der Waals surface area contributed by atoms with Gasteiger partial charge in [0, 0.05) is 31.1 Å². The Morgan fingerprint density at radius 2 is 2.24 bits per heavy atom. The van der Waals surface area contributed by atoms with Crippen LogP contribution in [0, 0.1) is 5.92 Å². The Morgan fingerprint density at radius 1 is 1.53 bits per heavy atom. The van der Waals surface area contributed by atoms with Gasteiger partial charge in [-0.1, -0.05) is 18.5 Å². The van der Waals surface area contributed by atoms with Crippen molar-refractivity contribution in [3.05, 3.63) is 21.3 Å². The van der Waals surface area contributed by atoms with Gasteiger partial charge in [-0.2, -0.15) is 0 Å². The molecule has 0 aliphatic carbocycles. The van der Waals surface area contributed by atoms with Crippen molar-refractivity contribution < 1.29 is 4.74 Å². The Labute approximate surface area is 113 Å². The van der Waals surface area contributed by atoms with E-state index >= 15 is 0 Å². The molecule has 3 nitrogen and oxygen atoms in total. The van der Waals surface area contributed by atoms with Gasteiger partial charge in [0.1, 0.15) is 0 Å². The lowest BCUT2D eigenvalue weighted by atomic mass is 10.0. The molecule has 17 heavy (non-hydrogen) atoms. The Balaban J connectivity index is 2.56. The summed E-state index contributed by atoms with van der Waals surface area (Å²) in [5.74, 6) is 0.422. The predicted octanol–water partition coefficient (Wildman–Crippen LogP) is 2.44. The van der Waals surface area contributed by atoms with Gasteiger partial charge in [-0.25, -0.2) is 0 Å². The molecule has 5 heteroatoms. The van der Waals surface area contributed by atoms with Crippen molar-refractivity contribution in [3.8, 4) is 0 Å². The Kier molecular flexibility index (Phi) is 6.44. The molecule has 0 aromatic carbocycles. The van der Waals surface area contributed by atoms with Gasteiger partial charge in [0.25, 0.3) is 0 Å². The number of methoxy groups -OCH3 is 1. The fraction of sp³-hybridized carbons (Fsp3) is 0.667. The third-order valence-corrected chi connectivity index (χ3v) is 4.14. The molecule has 2 atom stereocenters. The highest BCUT2D eigenvalue weighted by atomic mass is 35.5. The van der Waals surface area contributed by atoms with Crippen molar-refractivity contribution >= 4 is 22.9 Å². The number of ether oxygens (including phenoxy) is 1. The monoisotopic (exact) mass is 276 g/mol. The van der Waals surface area contributed by atoms with Gasteiger partial charge in [0.05, 0.1) is 10.9 Å². The first-order chi connectivity index (χ1) is 8.08. The van der Waals surface area contributed by atoms with Gasteiger partial charge in [-0.05, 0) is 25.1 Å². The van der Waals surface area contributed by atoms with E-state index < -0.39 is 0 Å². The van der Waals surface area contributed by atoms with Crippen LogP contribution in [0.25, 0.3) is 0 Å². The quantitative estimate of drug-likeness (QED) is 0.831. The fourth-order valence-electron chi connectivity index (χ4n) is 2.02. The van der Waals surface area contributed by atoms with Gasteiger partial charge in [0.15, 0.2) is 0 Å². The Bertz CT molecular complexity index is 332. The fourth-order valence-corrected chi connectivity index (χ4v) is 3.17. The number of hydrogen-bond donors (Lipinski definition) is 1. The van der Waals surface area contributed by atoms with Crippen LogP contribution in [0.2, 0.25) is 4.34 Å². The number of nitrogens with zero attached hydrogens (tertiary/aromatic N) is 1. The van der Waals surface area contributed by atoms with Gasteiger partial charge < -0.3 is 10.5 Å². The van der Waals surface area contributed by atoms with E-state index in [1.165, 1.54) is 4.88 Å². The zero-order chi connectivity index (χ0) is 12.8. The maximum Gasteiger partial charge on any atom is 0.0931 e. The summed E-state index contributed by atoms with van der Waals surface area (Å²) in [7, 11) is 3.82. The lowest BCUT2D eigenvalue weighted by Crippen LogP contribution is -2.43. The summed E-state index contributed by atoms with van der Waals surface area (Å²) < 4.78 is 6.03. The van der Waals surface area contributed by atoms with Crippen molar-refractivity contribution in [1.82, 2.24) is 4.90 Å². The van der Waals surface area contributed by atoms with Crippen molar-refractivity contribution in [1.29, 1.82) is 0 Å². The summed E-state index contributed by atoms with van der Waals surface area (Å²) in [5.41, 5.74) is 5.84. The average molecular weight is 277 g/mol. The molecule has 0 saturated heterocycles. The van der Waals surface area contributed by atoms with Crippen molar-refractivity contribution in [2.75, 3.05) is 27.3 Å². The molecule has 0 saturated carbocycles. The Hall–Kier alpha value is -0.130. The van der Waals surface area contributed by atoms with Crippen LogP contribution in [0.3, 0.4) is 0 Å². The lowest BCUT2D eigenvalue weighted by Gasteiger charge is -2.31. The number of likely N-dealkylation sites (N-methyl/N-ethyl adjacent to an activating group) is 1. The summed E-state index contributed by atoms with van der Waals surface area (Å²) in [5, 5.41) is 0. The molecule has 98 valence electrons. The molecular weight excluding hydrogens is 256 g/mol. The number of thiophene rings is 1. The van der Waals surface area contributed by atoms with Crippen LogP contribution in [-0.4, -0.2) is 38.3 Å². The first kappa shape index (κ1) is 14.9. The smallest absolute Gasteiger partial charge is 0.0931 e.